The van der Waals surface area contributed by atoms with Crippen molar-refractivity contribution < 1.29 is 4.39 Å². The molecule has 0 fully saturated rings. The van der Waals surface area contributed by atoms with Crippen LogP contribution in [0.2, 0.25) is 0 Å². The van der Waals surface area contributed by atoms with E-state index in [1.165, 1.54) is 12.1 Å². The van der Waals surface area contributed by atoms with Crippen LogP contribution >= 0.6 is 0 Å². The molecule has 0 aliphatic rings. The Hall–Kier alpha value is -3.88. The number of aromatic nitrogens is 8. The number of hydrogen-bond acceptors (Lipinski definition) is 5. The van der Waals surface area contributed by atoms with Crippen LogP contribution in [-0.2, 0) is 13.6 Å². The SMILES string of the molecule is Cn1cc(-c2cnc3[nH]cc(-c4cn(Cc5cccc(F)c5)nn4)c3n2)cn1. The van der Waals surface area contributed by atoms with E-state index in [1.807, 2.05) is 31.7 Å². The third-order valence-corrected chi connectivity index (χ3v) is 4.43. The summed E-state index contributed by atoms with van der Waals surface area (Å²) in [6, 6.07) is 6.43. The van der Waals surface area contributed by atoms with Gasteiger partial charge in [-0.25, -0.2) is 19.0 Å². The van der Waals surface area contributed by atoms with Crippen molar-refractivity contribution in [1.29, 1.82) is 0 Å². The molecule has 8 nitrogen and oxygen atoms in total. The second-order valence-corrected chi connectivity index (χ2v) is 6.49. The number of halogens is 1. The Morgan fingerprint density at radius 1 is 1.14 bits per heavy atom. The lowest BCUT2D eigenvalue weighted by Gasteiger charge is -2.00. The average molecular weight is 374 g/mol. The first kappa shape index (κ1) is 16.3. The lowest BCUT2D eigenvalue weighted by atomic mass is 10.2. The van der Waals surface area contributed by atoms with E-state index in [0.717, 1.165) is 22.4 Å². The summed E-state index contributed by atoms with van der Waals surface area (Å²) in [4.78, 5) is 12.3. The van der Waals surface area contributed by atoms with E-state index in [9.17, 15) is 4.39 Å². The number of benzene rings is 1. The largest absolute Gasteiger partial charge is 0.344 e. The highest BCUT2D eigenvalue weighted by molar-refractivity contribution is 5.90. The van der Waals surface area contributed by atoms with E-state index in [2.05, 4.69) is 25.4 Å². The van der Waals surface area contributed by atoms with E-state index in [1.54, 1.807) is 27.8 Å². The molecule has 4 heterocycles. The van der Waals surface area contributed by atoms with Gasteiger partial charge in [0.15, 0.2) is 5.65 Å². The number of aromatic amines is 1. The Morgan fingerprint density at radius 3 is 2.89 bits per heavy atom. The molecule has 0 bridgehead atoms. The molecule has 0 amide bonds. The highest BCUT2D eigenvalue weighted by Gasteiger charge is 2.14. The van der Waals surface area contributed by atoms with Gasteiger partial charge in [0.2, 0.25) is 0 Å². The molecule has 1 aromatic carbocycles. The summed E-state index contributed by atoms with van der Waals surface area (Å²) in [6.45, 7) is 0.430. The highest BCUT2D eigenvalue weighted by atomic mass is 19.1. The van der Waals surface area contributed by atoms with Gasteiger partial charge in [-0.15, -0.1) is 5.10 Å². The van der Waals surface area contributed by atoms with Crippen LogP contribution in [0.1, 0.15) is 5.56 Å². The van der Waals surface area contributed by atoms with E-state index in [0.29, 0.717) is 23.4 Å². The second-order valence-electron chi connectivity index (χ2n) is 6.49. The molecule has 1 N–H and O–H groups in total. The van der Waals surface area contributed by atoms with Crippen molar-refractivity contribution in [3.8, 4) is 22.5 Å². The van der Waals surface area contributed by atoms with Crippen molar-refractivity contribution in [3.63, 3.8) is 0 Å². The standard InChI is InChI=1S/C19H15FN8/c1-27-10-13(6-23-27)16-8-22-19-18(24-16)15(7-21-19)17-11-28(26-25-17)9-12-3-2-4-14(20)5-12/h2-8,10-11H,9H2,1H3,(H,21,22). The van der Waals surface area contributed by atoms with Gasteiger partial charge >= 0.3 is 0 Å². The van der Waals surface area contributed by atoms with Gasteiger partial charge in [-0.05, 0) is 17.7 Å². The van der Waals surface area contributed by atoms with Crippen LogP contribution in [0, 0.1) is 5.82 Å². The maximum atomic E-state index is 13.4. The zero-order valence-corrected chi connectivity index (χ0v) is 14.9. The number of H-pyrrole nitrogens is 1. The fourth-order valence-corrected chi connectivity index (χ4v) is 3.10. The van der Waals surface area contributed by atoms with Crippen LogP contribution in [0.25, 0.3) is 33.7 Å². The summed E-state index contributed by atoms with van der Waals surface area (Å²) in [5.74, 6) is -0.271. The Kier molecular flexibility index (Phi) is 3.71. The third-order valence-electron chi connectivity index (χ3n) is 4.43. The van der Waals surface area contributed by atoms with Crippen LogP contribution in [0.4, 0.5) is 4.39 Å². The molecule has 0 atom stereocenters. The number of nitrogens with one attached hydrogen (secondary N) is 1. The minimum atomic E-state index is -0.271. The van der Waals surface area contributed by atoms with Gasteiger partial charge in [0.1, 0.15) is 17.0 Å². The van der Waals surface area contributed by atoms with E-state index in [-0.39, 0.29) is 5.82 Å². The number of aryl methyl sites for hydroxylation is 1. The van der Waals surface area contributed by atoms with Crippen LogP contribution in [0.5, 0.6) is 0 Å². The molecule has 5 rings (SSSR count). The molecule has 0 unspecified atom stereocenters. The normalized spacial score (nSPS) is 11.4. The molecule has 0 spiro atoms. The summed E-state index contributed by atoms with van der Waals surface area (Å²) in [5.41, 5.74) is 5.28. The minimum Gasteiger partial charge on any atom is -0.344 e. The smallest absolute Gasteiger partial charge is 0.156 e. The first-order valence-corrected chi connectivity index (χ1v) is 8.64. The molecule has 0 aliphatic carbocycles. The van der Waals surface area contributed by atoms with E-state index in [4.69, 9.17) is 4.98 Å². The first-order valence-electron chi connectivity index (χ1n) is 8.64. The van der Waals surface area contributed by atoms with Gasteiger partial charge in [0.05, 0.1) is 30.8 Å². The molecular weight excluding hydrogens is 359 g/mol. The third kappa shape index (κ3) is 2.92. The van der Waals surface area contributed by atoms with E-state index < -0.39 is 0 Å². The zero-order chi connectivity index (χ0) is 19.1. The monoisotopic (exact) mass is 374 g/mol. The topological polar surface area (TPSA) is 90.1 Å². The van der Waals surface area contributed by atoms with Gasteiger partial charge < -0.3 is 4.98 Å². The lowest BCUT2D eigenvalue weighted by molar-refractivity contribution is 0.614. The van der Waals surface area contributed by atoms with Crippen molar-refractivity contribution in [1.82, 2.24) is 39.7 Å². The van der Waals surface area contributed by atoms with E-state index >= 15 is 0 Å². The number of hydrogen-bond donors (Lipinski definition) is 1. The van der Waals surface area contributed by atoms with Crippen LogP contribution in [0.15, 0.2) is 55.2 Å². The summed E-state index contributed by atoms with van der Waals surface area (Å²) in [7, 11) is 1.86. The van der Waals surface area contributed by atoms with Crippen LogP contribution < -0.4 is 0 Å². The molecule has 0 radical (unpaired) electrons. The second kappa shape index (κ2) is 6.38. The first-order chi connectivity index (χ1) is 13.7. The minimum absolute atomic E-state index is 0.271. The summed E-state index contributed by atoms with van der Waals surface area (Å²) in [6.07, 6.45) is 8.97. The number of rotatable bonds is 4. The molecule has 28 heavy (non-hydrogen) atoms. The van der Waals surface area contributed by atoms with Crippen molar-refractivity contribution in [2.75, 3.05) is 0 Å². The predicted octanol–water partition coefficient (Wildman–Crippen LogP) is 2.80. The lowest BCUT2D eigenvalue weighted by Crippen LogP contribution is -2.00. The highest BCUT2D eigenvalue weighted by Crippen LogP contribution is 2.26. The molecule has 138 valence electrons. The molecule has 4 aromatic heterocycles. The van der Waals surface area contributed by atoms with Gasteiger partial charge in [-0.2, -0.15) is 5.10 Å². The molecule has 0 saturated heterocycles. The van der Waals surface area contributed by atoms with Crippen LogP contribution in [0.3, 0.4) is 0 Å². The predicted molar refractivity (Wildman–Crippen MR) is 101 cm³/mol. The Labute approximate surface area is 158 Å². The quantitative estimate of drug-likeness (QED) is 0.522. The van der Waals surface area contributed by atoms with Crippen molar-refractivity contribution >= 4 is 11.2 Å². The van der Waals surface area contributed by atoms with Crippen molar-refractivity contribution in [3.05, 3.63) is 66.6 Å². The summed E-state index contributed by atoms with van der Waals surface area (Å²) in [5, 5.41) is 12.6. The maximum Gasteiger partial charge on any atom is 0.156 e. The Bertz CT molecular complexity index is 1280. The maximum absolute atomic E-state index is 13.4. The van der Waals surface area contributed by atoms with Gasteiger partial charge in [0.25, 0.3) is 0 Å². The van der Waals surface area contributed by atoms with Crippen molar-refractivity contribution in [2.24, 2.45) is 7.05 Å². The zero-order valence-electron chi connectivity index (χ0n) is 14.9. The molecule has 0 saturated carbocycles. The summed E-state index contributed by atoms with van der Waals surface area (Å²) >= 11 is 0. The average Bonchev–Trinajstić information content (AvgIpc) is 3.40. The summed E-state index contributed by atoms with van der Waals surface area (Å²) < 4.78 is 16.8. The fourth-order valence-electron chi connectivity index (χ4n) is 3.10. The molecule has 5 aromatic rings. The molecular formula is C19H15FN8. The molecule has 9 heteroatoms. The number of fused-ring (bicyclic) bond motifs is 1. The van der Waals surface area contributed by atoms with Crippen molar-refractivity contribution in [2.45, 2.75) is 6.54 Å². The number of nitrogens with zero attached hydrogens (tertiary/aromatic N) is 7. The van der Waals surface area contributed by atoms with Gasteiger partial charge in [0, 0.05) is 30.6 Å². The Balaban J connectivity index is 1.50. The van der Waals surface area contributed by atoms with Gasteiger partial charge in [-0.1, -0.05) is 17.3 Å². The molecule has 0 aliphatic heterocycles. The fraction of sp³-hybridized carbons (Fsp3) is 0.105. The van der Waals surface area contributed by atoms with Crippen LogP contribution in [-0.4, -0.2) is 39.7 Å². The van der Waals surface area contributed by atoms with Gasteiger partial charge in [-0.3, -0.25) is 4.68 Å². The Morgan fingerprint density at radius 2 is 2.07 bits per heavy atom.